The number of aliphatic carboxylic acids is 1. The molecule has 0 fully saturated rings. The van der Waals surface area contributed by atoms with Crippen molar-refractivity contribution in [1.29, 1.82) is 0 Å². The van der Waals surface area contributed by atoms with Crippen LogP contribution in [0.5, 0.6) is 0 Å². The second kappa shape index (κ2) is 6.06. The molecule has 4 heteroatoms. The summed E-state index contributed by atoms with van der Waals surface area (Å²) in [6, 6.07) is 6.01. The van der Waals surface area contributed by atoms with E-state index in [-0.39, 0.29) is 0 Å². The first-order valence-electron chi connectivity index (χ1n) is 6.17. The molecule has 0 saturated carbocycles. The van der Waals surface area contributed by atoms with Gasteiger partial charge >= 0.3 is 5.97 Å². The van der Waals surface area contributed by atoms with Crippen molar-refractivity contribution in [3.63, 3.8) is 0 Å². The van der Waals surface area contributed by atoms with Gasteiger partial charge in [-0.15, -0.1) is 0 Å². The van der Waals surface area contributed by atoms with Crippen LogP contribution in [0.15, 0.2) is 40.4 Å². The second-order valence-electron chi connectivity index (χ2n) is 4.64. The summed E-state index contributed by atoms with van der Waals surface area (Å²) in [7, 11) is 0. The first-order chi connectivity index (χ1) is 9.06. The highest BCUT2D eigenvalue weighted by atomic mass is 79.9. The molecule has 2 rings (SSSR count). The van der Waals surface area contributed by atoms with E-state index in [1.807, 2.05) is 18.2 Å². The third-order valence-electron chi connectivity index (χ3n) is 3.09. The van der Waals surface area contributed by atoms with E-state index in [4.69, 9.17) is 5.11 Å². The average molecular weight is 322 g/mol. The van der Waals surface area contributed by atoms with Gasteiger partial charge in [-0.1, -0.05) is 33.6 Å². The van der Waals surface area contributed by atoms with Crippen LogP contribution in [0.25, 0.3) is 6.08 Å². The normalized spacial score (nSPS) is 15.7. The van der Waals surface area contributed by atoms with E-state index >= 15 is 0 Å². The number of hydrogen-bond acceptors (Lipinski definition) is 2. The summed E-state index contributed by atoms with van der Waals surface area (Å²) in [5, 5.41) is 8.64. The third-order valence-corrected chi connectivity index (χ3v) is 3.77. The zero-order valence-corrected chi connectivity index (χ0v) is 12.4. The number of nitrogens with zero attached hydrogens (tertiary/aromatic N) is 1. The highest BCUT2D eigenvalue weighted by Gasteiger charge is 2.11. The molecule has 19 heavy (non-hydrogen) atoms. The topological polar surface area (TPSA) is 40.5 Å². The van der Waals surface area contributed by atoms with Crippen molar-refractivity contribution in [3.05, 3.63) is 46.0 Å². The van der Waals surface area contributed by atoms with E-state index in [0.717, 1.165) is 41.3 Å². The Hall–Kier alpha value is -1.55. The molecular weight excluding hydrogens is 306 g/mol. The molecule has 0 atom stereocenters. The van der Waals surface area contributed by atoms with Gasteiger partial charge in [0.2, 0.25) is 0 Å². The number of halogens is 1. The van der Waals surface area contributed by atoms with Gasteiger partial charge in [0.05, 0.1) is 0 Å². The van der Waals surface area contributed by atoms with E-state index in [2.05, 4.69) is 33.8 Å². The number of rotatable bonds is 3. The molecule has 1 aromatic carbocycles. The molecule has 1 N–H and O–H groups in total. The van der Waals surface area contributed by atoms with Crippen LogP contribution >= 0.6 is 15.9 Å². The molecule has 1 aliphatic heterocycles. The fraction of sp³-hybridized carbons (Fsp3) is 0.267. The third kappa shape index (κ3) is 3.70. The molecule has 0 amide bonds. The largest absolute Gasteiger partial charge is 0.478 e. The molecule has 1 aromatic rings. The van der Waals surface area contributed by atoms with Gasteiger partial charge in [0.25, 0.3) is 0 Å². The number of hydrogen-bond donors (Lipinski definition) is 1. The highest BCUT2D eigenvalue weighted by molar-refractivity contribution is 9.10. The fourth-order valence-corrected chi connectivity index (χ4v) is 2.64. The molecule has 0 aliphatic carbocycles. The van der Waals surface area contributed by atoms with Crippen molar-refractivity contribution in [2.24, 2.45) is 0 Å². The summed E-state index contributed by atoms with van der Waals surface area (Å²) in [6.45, 7) is 4.12. The van der Waals surface area contributed by atoms with Crippen LogP contribution in [-0.2, 0) is 4.79 Å². The molecule has 0 spiro atoms. The number of anilines is 1. The van der Waals surface area contributed by atoms with Crippen molar-refractivity contribution >= 4 is 33.7 Å². The molecule has 1 aliphatic rings. The molecule has 100 valence electrons. The lowest BCUT2D eigenvalue weighted by Crippen LogP contribution is -2.28. The van der Waals surface area contributed by atoms with E-state index in [1.165, 1.54) is 5.57 Å². The monoisotopic (exact) mass is 321 g/mol. The Labute approximate surface area is 121 Å². The maximum atomic E-state index is 10.5. The highest BCUT2D eigenvalue weighted by Crippen LogP contribution is 2.27. The fourth-order valence-electron chi connectivity index (χ4n) is 2.14. The van der Waals surface area contributed by atoms with Gasteiger partial charge in [-0.3, -0.25) is 0 Å². The zero-order chi connectivity index (χ0) is 13.8. The Morgan fingerprint density at radius 1 is 1.47 bits per heavy atom. The minimum atomic E-state index is -0.937. The Morgan fingerprint density at radius 3 is 2.89 bits per heavy atom. The SMILES string of the molecule is CC1=CCCN(c2ccc(/C=C/C(=O)O)c(Br)c2)C1. The van der Waals surface area contributed by atoms with Crippen LogP contribution in [0.3, 0.4) is 0 Å². The number of carboxylic acid groups (broad SMARTS) is 1. The molecular formula is C15H16BrNO2. The van der Waals surface area contributed by atoms with Crippen LogP contribution in [0.1, 0.15) is 18.9 Å². The van der Waals surface area contributed by atoms with E-state index < -0.39 is 5.97 Å². The van der Waals surface area contributed by atoms with Crippen molar-refractivity contribution < 1.29 is 9.90 Å². The minimum absolute atomic E-state index is 0.871. The molecule has 1 heterocycles. The van der Waals surface area contributed by atoms with Gasteiger partial charge in [-0.2, -0.15) is 0 Å². The maximum absolute atomic E-state index is 10.5. The standard InChI is InChI=1S/C15H16BrNO2/c1-11-3-2-8-17(10-11)13-6-4-12(14(16)9-13)5-7-15(18)19/h3-7,9H,2,8,10H2,1H3,(H,18,19)/b7-5+. The second-order valence-corrected chi connectivity index (χ2v) is 5.49. The predicted octanol–water partition coefficient (Wildman–Crippen LogP) is 3.70. The Balaban J connectivity index is 2.19. The summed E-state index contributed by atoms with van der Waals surface area (Å²) >= 11 is 3.49. The summed E-state index contributed by atoms with van der Waals surface area (Å²) in [5.41, 5.74) is 3.42. The molecule has 3 nitrogen and oxygen atoms in total. The van der Waals surface area contributed by atoms with Gasteiger partial charge in [-0.05, 0) is 37.1 Å². The average Bonchev–Trinajstić information content (AvgIpc) is 2.37. The van der Waals surface area contributed by atoms with Crippen LogP contribution in [-0.4, -0.2) is 24.2 Å². The quantitative estimate of drug-likeness (QED) is 0.681. The van der Waals surface area contributed by atoms with Crippen LogP contribution in [0.4, 0.5) is 5.69 Å². The van der Waals surface area contributed by atoms with Crippen LogP contribution < -0.4 is 4.90 Å². The number of carbonyl (C=O) groups is 1. The van der Waals surface area contributed by atoms with Gasteiger partial charge in [-0.25, -0.2) is 4.79 Å². The lowest BCUT2D eigenvalue weighted by molar-refractivity contribution is -0.131. The Kier molecular flexibility index (Phi) is 4.43. The van der Waals surface area contributed by atoms with Gasteiger partial charge in [0, 0.05) is 29.3 Å². The van der Waals surface area contributed by atoms with Crippen molar-refractivity contribution in [2.45, 2.75) is 13.3 Å². The summed E-state index contributed by atoms with van der Waals surface area (Å²) in [6.07, 6.45) is 6.09. The molecule has 0 bridgehead atoms. The van der Waals surface area contributed by atoms with Crippen LogP contribution in [0, 0.1) is 0 Å². The number of carboxylic acids is 1. The van der Waals surface area contributed by atoms with Gasteiger partial charge in [0.1, 0.15) is 0 Å². The predicted molar refractivity (Wildman–Crippen MR) is 81.4 cm³/mol. The molecule has 0 radical (unpaired) electrons. The van der Waals surface area contributed by atoms with E-state index in [1.54, 1.807) is 6.08 Å². The van der Waals surface area contributed by atoms with Gasteiger partial charge in [0.15, 0.2) is 0 Å². The summed E-state index contributed by atoms with van der Waals surface area (Å²) < 4.78 is 0.912. The smallest absolute Gasteiger partial charge is 0.328 e. The lowest BCUT2D eigenvalue weighted by Gasteiger charge is -2.28. The Morgan fingerprint density at radius 2 is 2.26 bits per heavy atom. The first kappa shape index (κ1) is 13.9. The lowest BCUT2D eigenvalue weighted by atomic mass is 10.1. The van der Waals surface area contributed by atoms with E-state index in [9.17, 15) is 4.79 Å². The van der Waals surface area contributed by atoms with Crippen molar-refractivity contribution in [3.8, 4) is 0 Å². The summed E-state index contributed by atoms with van der Waals surface area (Å²) in [4.78, 5) is 12.8. The zero-order valence-electron chi connectivity index (χ0n) is 10.8. The number of benzene rings is 1. The Bertz CT molecular complexity index is 549. The van der Waals surface area contributed by atoms with Gasteiger partial charge < -0.3 is 10.0 Å². The van der Waals surface area contributed by atoms with Crippen LogP contribution in [0.2, 0.25) is 0 Å². The molecule has 0 saturated heterocycles. The molecule has 0 aromatic heterocycles. The summed E-state index contributed by atoms with van der Waals surface area (Å²) in [5.74, 6) is -0.937. The van der Waals surface area contributed by atoms with Crippen molar-refractivity contribution in [1.82, 2.24) is 0 Å². The van der Waals surface area contributed by atoms with Crippen molar-refractivity contribution in [2.75, 3.05) is 18.0 Å². The molecule has 0 unspecified atom stereocenters. The minimum Gasteiger partial charge on any atom is -0.478 e. The first-order valence-corrected chi connectivity index (χ1v) is 6.96. The maximum Gasteiger partial charge on any atom is 0.328 e. The van der Waals surface area contributed by atoms with E-state index in [0.29, 0.717) is 0 Å².